The SMILES string of the molecule is NC(=O)CN1CCCN(c2ccc([N+](=O)[O-])cc2Cl)CC1. The molecular weight excluding hydrogens is 296 g/mol. The number of rotatable bonds is 4. The van der Waals surface area contributed by atoms with Crippen molar-refractivity contribution in [3.05, 3.63) is 33.3 Å². The normalized spacial score (nSPS) is 16.5. The molecule has 2 N–H and O–H groups in total. The van der Waals surface area contributed by atoms with Crippen LogP contribution in [0, 0.1) is 10.1 Å². The van der Waals surface area contributed by atoms with Crippen molar-refractivity contribution in [3.63, 3.8) is 0 Å². The van der Waals surface area contributed by atoms with Crippen molar-refractivity contribution in [3.8, 4) is 0 Å². The Kier molecular flexibility index (Phi) is 4.98. The maximum absolute atomic E-state index is 11.0. The van der Waals surface area contributed by atoms with E-state index in [0.717, 1.165) is 25.2 Å². The number of nitro groups is 1. The molecule has 1 saturated heterocycles. The summed E-state index contributed by atoms with van der Waals surface area (Å²) in [5.74, 6) is -0.336. The first-order chi connectivity index (χ1) is 9.97. The topological polar surface area (TPSA) is 92.7 Å². The van der Waals surface area contributed by atoms with E-state index in [1.807, 2.05) is 4.90 Å². The number of halogens is 1. The Balaban J connectivity index is 2.08. The Labute approximate surface area is 127 Å². The second kappa shape index (κ2) is 6.73. The van der Waals surface area contributed by atoms with Gasteiger partial charge in [-0.3, -0.25) is 19.8 Å². The average molecular weight is 313 g/mol. The number of hydrogen-bond donors (Lipinski definition) is 1. The van der Waals surface area contributed by atoms with Crippen LogP contribution >= 0.6 is 11.6 Å². The van der Waals surface area contributed by atoms with Crippen molar-refractivity contribution < 1.29 is 9.72 Å². The number of anilines is 1. The second-order valence-electron chi connectivity index (χ2n) is 4.98. The number of nitrogens with zero attached hydrogens (tertiary/aromatic N) is 3. The van der Waals surface area contributed by atoms with Gasteiger partial charge in [-0.25, -0.2) is 0 Å². The lowest BCUT2D eigenvalue weighted by molar-refractivity contribution is -0.384. The molecule has 1 aliphatic rings. The molecular formula is C13H17ClN4O3. The molecule has 0 unspecified atom stereocenters. The Morgan fingerprint density at radius 1 is 1.33 bits per heavy atom. The van der Waals surface area contributed by atoms with Crippen molar-refractivity contribution in [2.45, 2.75) is 6.42 Å². The average Bonchev–Trinajstić information content (AvgIpc) is 2.63. The highest BCUT2D eigenvalue weighted by Gasteiger charge is 2.19. The molecule has 1 aromatic rings. The predicted molar refractivity (Wildman–Crippen MR) is 80.6 cm³/mol. The van der Waals surface area contributed by atoms with Crippen molar-refractivity contribution in [1.29, 1.82) is 0 Å². The van der Waals surface area contributed by atoms with Gasteiger partial charge in [0.15, 0.2) is 0 Å². The van der Waals surface area contributed by atoms with Gasteiger partial charge in [0.2, 0.25) is 5.91 Å². The number of carbonyl (C=O) groups excluding carboxylic acids is 1. The van der Waals surface area contributed by atoms with Crippen molar-refractivity contribution in [2.24, 2.45) is 5.73 Å². The molecule has 8 heteroatoms. The number of nitro benzene ring substituents is 1. The van der Waals surface area contributed by atoms with Gasteiger partial charge in [-0.1, -0.05) is 11.6 Å². The molecule has 1 amide bonds. The zero-order valence-corrected chi connectivity index (χ0v) is 12.3. The van der Waals surface area contributed by atoms with Crippen molar-refractivity contribution in [2.75, 3.05) is 37.6 Å². The zero-order valence-electron chi connectivity index (χ0n) is 11.5. The molecule has 1 aliphatic heterocycles. The number of non-ortho nitro benzene ring substituents is 1. The molecule has 0 aromatic heterocycles. The maximum atomic E-state index is 11.0. The Hall–Kier alpha value is -1.86. The van der Waals surface area contributed by atoms with E-state index >= 15 is 0 Å². The van der Waals surface area contributed by atoms with Gasteiger partial charge in [-0.05, 0) is 12.5 Å². The first-order valence-electron chi connectivity index (χ1n) is 6.67. The molecule has 0 aliphatic carbocycles. The van der Waals surface area contributed by atoms with Crippen LogP contribution in [0.3, 0.4) is 0 Å². The lowest BCUT2D eigenvalue weighted by Crippen LogP contribution is -2.36. The summed E-state index contributed by atoms with van der Waals surface area (Å²) in [5.41, 5.74) is 5.97. The van der Waals surface area contributed by atoms with Gasteiger partial charge in [-0.2, -0.15) is 0 Å². The molecule has 0 radical (unpaired) electrons. The summed E-state index contributed by atoms with van der Waals surface area (Å²) in [6, 6.07) is 4.49. The smallest absolute Gasteiger partial charge is 0.271 e. The minimum atomic E-state index is -0.466. The number of benzene rings is 1. The first-order valence-corrected chi connectivity index (χ1v) is 7.04. The molecule has 0 saturated carbocycles. The zero-order chi connectivity index (χ0) is 15.4. The highest BCUT2D eigenvalue weighted by Crippen LogP contribution is 2.30. The lowest BCUT2D eigenvalue weighted by atomic mass is 10.2. The minimum absolute atomic E-state index is 0.0195. The standard InChI is InChI=1S/C13H17ClN4O3/c14-11-8-10(18(20)21)2-3-12(11)17-5-1-4-16(6-7-17)9-13(15)19/h2-3,8H,1,4-7,9H2,(H2,15,19). The summed E-state index contributed by atoms with van der Waals surface area (Å²) >= 11 is 6.15. The summed E-state index contributed by atoms with van der Waals surface area (Å²) in [6.07, 6.45) is 0.876. The first kappa shape index (κ1) is 15.5. The van der Waals surface area contributed by atoms with Crippen LogP contribution in [0.15, 0.2) is 18.2 Å². The monoisotopic (exact) mass is 312 g/mol. The third-order valence-corrected chi connectivity index (χ3v) is 3.75. The third-order valence-electron chi connectivity index (χ3n) is 3.45. The van der Waals surface area contributed by atoms with E-state index in [0.29, 0.717) is 18.1 Å². The predicted octanol–water partition coefficient (Wildman–Crippen LogP) is 1.25. The number of amides is 1. The van der Waals surface area contributed by atoms with Crippen LogP contribution in [0.2, 0.25) is 5.02 Å². The summed E-state index contributed by atoms with van der Waals surface area (Å²) < 4.78 is 0. The summed E-state index contributed by atoms with van der Waals surface area (Å²) in [7, 11) is 0. The number of primary amides is 1. The van der Waals surface area contributed by atoms with Crippen LogP contribution in [-0.2, 0) is 4.79 Å². The van der Waals surface area contributed by atoms with E-state index in [2.05, 4.69) is 4.90 Å². The van der Waals surface area contributed by atoms with Gasteiger partial charge >= 0.3 is 0 Å². The van der Waals surface area contributed by atoms with Crippen LogP contribution in [-0.4, -0.2) is 48.5 Å². The fourth-order valence-corrected chi connectivity index (χ4v) is 2.75. The van der Waals surface area contributed by atoms with Crippen LogP contribution in [0.25, 0.3) is 0 Å². The Bertz CT molecular complexity index is 552. The lowest BCUT2D eigenvalue weighted by Gasteiger charge is -2.24. The molecule has 7 nitrogen and oxygen atoms in total. The van der Waals surface area contributed by atoms with Crippen LogP contribution in [0.5, 0.6) is 0 Å². The molecule has 114 valence electrons. The van der Waals surface area contributed by atoms with Crippen molar-refractivity contribution in [1.82, 2.24) is 4.90 Å². The van der Waals surface area contributed by atoms with E-state index in [9.17, 15) is 14.9 Å². The number of carbonyl (C=O) groups is 1. The van der Waals surface area contributed by atoms with Crippen LogP contribution < -0.4 is 10.6 Å². The van der Waals surface area contributed by atoms with E-state index in [-0.39, 0.29) is 18.1 Å². The quantitative estimate of drug-likeness (QED) is 0.667. The number of nitrogens with two attached hydrogens (primary N) is 1. The van der Waals surface area contributed by atoms with Gasteiger partial charge in [0.05, 0.1) is 22.2 Å². The molecule has 0 atom stereocenters. The van der Waals surface area contributed by atoms with E-state index < -0.39 is 4.92 Å². The third kappa shape index (κ3) is 4.05. The van der Waals surface area contributed by atoms with Gasteiger partial charge in [0, 0.05) is 38.3 Å². The van der Waals surface area contributed by atoms with Crippen molar-refractivity contribution >= 4 is 28.9 Å². The van der Waals surface area contributed by atoms with E-state index in [1.54, 1.807) is 6.07 Å². The molecule has 1 heterocycles. The Morgan fingerprint density at radius 3 is 2.71 bits per heavy atom. The highest BCUT2D eigenvalue weighted by molar-refractivity contribution is 6.33. The van der Waals surface area contributed by atoms with Gasteiger partial charge in [-0.15, -0.1) is 0 Å². The highest BCUT2D eigenvalue weighted by atomic mass is 35.5. The summed E-state index contributed by atoms with van der Waals surface area (Å²) in [5, 5.41) is 11.1. The van der Waals surface area contributed by atoms with Gasteiger partial charge in [0.25, 0.3) is 5.69 Å². The molecule has 1 aromatic carbocycles. The minimum Gasteiger partial charge on any atom is -0.369 e. The fourth-order valence-electron chi connectivity index (χ4n) is 2.46. The largest absolute Gasteiger partial charge is 0.369 e. The van der Waals surface area contributed by atoms with Crippen LogP contribution in [0.4, 0.5) is 11.4 Å². The molecule has 0 bridgehead atoms. The fraction of sp³-hybridized carbons (Fsp3) is 0.462. The van der Waals surface area contributed by atoms with Crippen LogP contribution in [0.1, 0.15) is 6.42 Å². The number of hydrogen-bond acceptors (Lipinski definition) is 5. The molecule has 2 rings (SSSR count). The van der Waals surface area contributed by atoms with E-state index in [1.165, 1.54) is 12.1 Å². The molecule has 1 fully saturated rings. The Morgan fingerprint density at radius 2 is 2.10 bits per heavy atom. The van der Waals surface area contributed by atoms with Gasteiger partial charge in [0.1, 0.15) is 0 Å². The summed E-state index contributed by atoms with van der Waals surface area (Å²) in [4.78, 5) is 25.3. The molecule has 21 heavy (non-hydrogen) atoms. The maximum Gasteiger partial charge on any atom is 0.271 e. The van der Waals surface area contributed by atoms with E-state index in [4.69, 9.17) is 17.3 Å². The van der Waals surface area contributed by atoms with Gasteiger partial charge < -0.3 is 10.6 Å². The second-order valence-corrected chi connectivity index (χ2v) is 5.38. The molecule has 0 spiro atoms. The summed E-state index contributed by atoms with van der Waals surface area (Å²) in [6.45, 7) is 3.24.